The Hall–Kier alpha value is -7.21. The zero-order valence-electron chi connectivity index (χ0n) is 32.7. The number of hydrogen-bond acceptors (Lipinski definition) is 5. The van der Waals surface area contributed by atoms with Gasteiger partial charge in [-0.05, 0) is 77.6 Å². The lowest BCUT2D eigenvalue weighted by molar-refractivity contribution is 0.739. The van der Waals surface area contributed by atoms with E-state index in [9.17, 15) is 0 Å². The van der Waals surface area contributed by atoms with Crippen molar-refractivity contribution < 1.29 is 0 Å². The molecule has 8 aromatic carbocycles. The summed E-state index contributed by atoms with van der Waals surface area (Å²) < 4.78 is 2.61. The Labute approximate surface area is 347 Å². The fourth-order valence-corrected chi connectivity index (χ4v) is 10.6. The zero-order chi connectivity index (χ0) is 39.5. The Balaban J connectivity index is 1.14. The zero-order valence-corrected chi connectivity index (χ0v) is 33.5. The van der Waals surface area contributed by atoms with Gasteiger partial charge in [-0.2, -0.15) is 0 Å². The van der Waals surface area contributed by atoms with Crippen LogP contribution in [0.5, 0.6) is 0 Å². The molecule has 0 N–H and O–H groups in total. The van der Waals surface area contributed by atoms with E-state index in [0.29, 0.717) is 17.5 Å². The minimum absolute atomic E-state index is 0.595. The number of rotatable bonds is 6. The summed E-state index contributed by atoms with van der Waals surface area (Å²) in [6.07, 6.45) is 0. The second-order valence-electron chi connectivity index (χ2n) is 15.3. The van der Waals surface area contributed by atoms with Gasteiger partial charge in [-0.15, -0.1) is 11.3 Å². The highest BCUT2D eigenvalue weighted by Gasteiger charge is 2.47. The van der Waals surface area contributed by atoms with Crippen LogP contribution < -0.4 is 4.90 Å². The molecule has 0 unspecified atom stereocenters. The van der Waals surface area contributed by atoms with Gasteiger partial charge in [0.15, 0.2) is 17.5 Å². The van der Waals surface area contributed by atoms with Crippen LogP contribution in [0, 0.1) is 13.8 Å². The second kappa shape index (κ2) is 14.0. The van der Waals surface area contributed by atoms with Gasteiger partial charge in [-0.1, -0.05) is 164 Å². The molecule has 11 rings (SSSR count). The van der Waals surface area contributed by atoms with Gasteiger partial charge in [0.25, 0.3) is 0 Å². The number of thiophene rings is 1. The highest BCUT2D eigenvalue weighted by atomic mass is 32.1. The van der Waals surface area contributed by atoms with Crippen molar-refractivity contribution in [2.24, 2.45) is 0 Å². The first-order valence-electron chi connectivity index (χ1n) is 20.0. The van der Waals surface area contributed by atoms with E-state index in [-0.39, 0.29) is 0 Å². The Morgan fingerprint density at radius 3 is 1.53 bits per heavy atom. The highest BCUT2D eigenvalue weighted by Crippen LogP contribution is 2.59. The van der Waals surface area contributed by atoms with E-state index in [4.69, 9.17) is 15.0 Å². The first-order valence-corrected chi connectivity index (χ1v) is 20.9. The Morgan fingerprint density at radius 1 is 0.441 bits per heavy atom. The molecule has 0 bridgehead atoms. The smallest absolute Gasteiger partial charge is 0.164 e. The SMILES string of the molecule is Cc1cc(N2c3ccccc3C(c3ccccc3)(c3cccc4c3sc3ccccc34)c3ccccc32)cc(C)c1-c1nc(-c2ccccc2)nc(-c2ccccc2)n1. The summed E-state index contributed by atoms with van der Waals surface area (Å²) in [4.78, 5) is 17.7. The molecule has 0 radical (unpaired) electrons. The Kier molecular flexibility index (Phi) is 8.31. The summed E-state index contributed by atoms with van der Waals surface area (Å²) in [6.45, 7) is 4.36. The molecule has 1 aliphatic rings. The summed E-state index contributed by atoms with van der Waals surface area (Å²) in [5.74, 6) is 1.97. The molecule has 1 aliphatic heterocycles. The molecule has 0 saturated carbocycles. The molecule has 0 aliphatic carbocycles. The summed E-state index contributed by atoms with van der Waals surface area (Å²) in [5.41, 5.74) is 12.9. The Bertz CT molecular complexity index is 3060. The van der Waals surface area contributed by atoms with Crippen LogP contribution >= 0.6 is 11.3 Å². The molecule has 0 saturated heterocycles. The predicted molar refractivity (Wildman–Crippen MR) is 245 cm³/mol. The normalized spacial score (nSPS) is 13.0. The lowest BCUT2D eigenvalue weighted by atomic mass is 9.62. The van der Waals surface area contributed by atoms with E-state index < -0.39 is 5.41 Å². The number of fused-ring (bicyclic) bond motifs is 5. The van der Waals surface area contributed by atoms with Crippen LogP contribution in [-0.2, 0) is 5.41 Å². The van der Waals surface area contributed by atoms with E-state index >= 15 is 0 Å². The third-order valence-electron chi connectivity index (χ3n) is 11.8. The molecule has 2 aromatic heterocycles. The van der Waals surface area contributed by atoms with Gasteiger partial charge in [0, 0.05) is 42.6 Å². The van der Waals surface area contributed by atoms with Gasteiger partial charge >= 0.3 is 0 Å². The fraction of sp³-hybridized carbons (Fsp3) is 0.0556. The van der Waals surface area contributed by atoms with Gasteiger partial charge in [0.1, 0.15) is 0 Å². The summed E-state index contributed by atoms with van der Waals surface area (Å²) in [5, 5.41) is 2.59. The van der Waals surface area contributed by atoms with Crippen LogP contribution in [0.2, 0.25) is 0 Å². The first kappa shape index (κ1) is 35.0. The van der Waals surface area contributed by atoms with Crippen molar-refractivity contribution in [1.82, 2.24) is 15.0 Å². The van der Waals surface area contributed by atoms with Gasteiger partial charge in [0.05, 0.1) is 16.8 Å². The number of nitrogens with zero attached hydrogens (tertiary/aromatic N) is 4. The number of anilines is 3. The minimum Gasteiger partial charge on any atom is -0.310 e. The van der Waals surface area contributed by atoms with Crippen LogP contribution in [-0.4, -0.2) is 15.0 Å². The number of aromatic nitrogens is 3. The van der Waals surface area contributed by atoms with Crippen LogP contribution in [0.4, 0.5) is 17.1 Å². The van der Waals surface area contributed by atoms with Crippen LogP contribution in [0.25, 0.3) is 54.3 Å². The third-order valence-corrected chi connectivity index (χ3v) is 13.0. The average molecular weight is 775 g/mol. The van der Waals surface area contributed by atoms with Crippen molar-refractivity contribution in [3.63, 3.8) is 0 Å². The van der Waals surface area contributed by atoms with Crippen LogP contribution in [0.3, 0.4) is 0 Å². The number of hydrogen-bond donors (Lipinski definition) is 0. The topological polar surface area (TPSA) is 41.9 Å². The maximum atomic E-state index is 5.13. The molecular formula is C54H38N4S. The number of benzene rings is 8. The van der Waals surface area contributed by atoms with Gasteiger partial charge in [0.2, 0.25) is 0 Å². The van der Waals surface area contributed by atoms with Crippen molar-refractivity contribution in [3.8, 4) is 34.2 Å². The third kappa shape index (κ3) is 5.54. The predicted octanol–water partition coefficient (Wildman–Crippen LogP) is 14.0. The van der Waals surface area contributed by atoms with E-state index in [1.54, 1.807) is 0 Å². The van der Waals surface area contributed by atoms with Crippen molar-refractivity contribution in [1.29, 1.82) is 0 Å². The molecule has 0 amide bonds. The molecular weight excluding hydrogens is 737 g/mol. The second-order valence-corrected chi connectivity index (χ2v) is 16.3. The lowest BCUT2D eigenvalue weighted by Crippen LogP contribution is -2.37. The maximum absolute atomic E-state index is 5.13. The fourth-order valence-electron chi connectivity index (χ4n) is 9.35. The maximum Gasteiger partial charge on any atom is 0.164 e. The molecule has 280 valence electrons. The molecule has 5 heteroatoms. The monoisotopic (exact) mass is 774 g/mol. The summed E-state index contributed by atoms with van der Waals surface area (Å²) >= 11 is 1.89. The number of aryl methyl sites for hydroxylation is 2. The van der Waals surface area contributed by atoms with Crippen LogP contribution in [0.1, 0.15) is 33.4 Å². The largest absolute Gasteiger partial charge is 0.310 e. The standard InChI is InChI=1S/C54H38N4S/c1-35-33-40(34-36(2)49(35)53-56-51(37-19-6-3-7-20-37)55-52(57-53)38-21-8-4-9-22-38)58-46-30-15-13-27-43(46)54(39-23-10-5-11-24-39,44-28-14-16-31-47(44)58)45-29-18-26-42-41-25-12-17-32-48(41)59-50(42)45/h3-34H,1-2H3. The Morgan fingerprint density at radius 2 is 0.915 bits per heavy atom. The molecule has 0 atom stereocenters. The van der Waals surface area contributed by atoms with Crippen LogP contribution in [0.15, 0.2) is 194 Å². The highest BCUT2D eigenvalue weighted by molar-refractivity contribution is 7.26. The van der Waals surface area contributed by atoms with Gasteiger partial charge in [-0.25, -0.2) is 15.0 Å². The molecule has 4 nitrogen and oxygen atoms in total. The van der Waals surface area contributed by atoms with Crippen molar-refractivity contribution in [3.05, 3.63) is 228 Å². The van der Waals surface area contributed by atoms with E-state index in [1.165, 1.54) is 42.4 Å². The minimum atomic E-state index is -0.595. The molecule has 3 heterocycles. The molecule has 0 fully saturated rings. The van der Waals surface area contributed by atoms with Crippen molar-refractivity contribution in [2.45, 2.75) is 19.3 Å². The molecule has 10 aromatic rings. The van der Waals surface area contributed by atoms with E-state index in [2.05, 4.69) is 176 Å². The number of para-hydroxylation sites is 2. The molecule has 59 heavy (non-hydrogen) atoms. The summed E-state index contributed by atoms with van der Waals surface area (Å²) in [7, 11) is 0. The quantitative estimate of drug-likeness (QED) is 0.169. The molecule has 0 spiro atoms. The van der Waals surface area contributed by atoms with Crippen molar-refractivity contribution in [2.75, 3.05) is 4.90 Å². The first-order chi connectivity index (χ1) is 29.1. The lowest BCUT2D eigenvalue weighted by Gasteiger charge is -2.46. The van der Waals surface area contributed by atoms with Gasteiger partial charge in [-0.3, -0.25) is 0 Å². The van der Waals surface area contributed by atoms with E-state index in [1.807, 2.05) is 47.7 Å². The summed E-state index contributed by atoms with van der Waals surface area (Å²) in [6, 6.07) is 69.7. The average Bonchev–Trinajstić information content (AvgIpc) is 3.68. The van der Waals surface area contributed by atoms with Crippen molar-refractivity contribution >= 4 is 48.6 Å². The van der Waals surface area contributed by atoms with Gasteiger partial charge < -0.3 is 4.90 Å². The van der Waals surface area contributed by atoms with E-state index in [0.717, 1.165) is 44.9 Å².